The number of hydrogen-bond donors (Lipinski definition) is 1. The zero-order valence-corrected chi connectivity index (χ0v) is 11.1. The van der Waals surface area contributed by atoms with Gasteiger partial charge in [-0.05, 0) is 17.5 Å². The van der Waals surface area contributed by atoms with Gasteiger partial charge in [-0.15, -0.1) is 0 Å². The van der Waals surface area contributed by atoms with Crippen molar-refractivity contribution in [3.8, 4) is 0 Å². The Labute approximate surface area is 112 Å². The van der Waals surface area contributed by atoms with E-state index in [0.717, 1.165) is 18.4 Å². The number of hydrogen-bond acceptors (Lipinski definition) is 3. The zero-order valence-electron chi connectivity index (χ0n) is 11.1. The number of aryl methyl sites for hydroxylation is 1. The van der Waals surface area contributed by atoms with Crippen molar-refractivity contribution < 1.29 is 9.59 Å². The molecule has 0 radical (unpaired) electrons. The highest BCUT2D eigenvalue weighted by molar-refractivity contribution is 6.33. The van der Waals surface area contributed by atoms with Crippen LogP contribution >= 0.6 is 0 Å². The molecule has 1 aromatic carbocycles. The van der Waals surface area contributed by atoms with E-state index in [4.69, 9.17) is 5.73 Å². The van der Waals surface area contributed by atoms with Crippen LogP contribution in [0.2, 0.25) is 0 Å². The molecule has 2 N–H and O–H groups in total. The van der Waals surface area contributed by atoms with Crippen molar-refractivity contribution in [1.29, 1.82) is 0 Å². The minimum absolute atomic E-state index is 0.251. The molecule has 0 unspecified atom stereocenters. The molecule has 0 fully saturated rings. The molecule has 19 heavy (non-hydrogen) atoms. The first-order valence-electron chi connectivity index (χ1n) is 6.54. The minimum atomic E-state index is -0.275. The maximum Gasteiger partial charge on any atom is 0.261 e. The van der Waals surface area contributed by atoms with E-state index in [0.29, 0.717) is 5.57 Å². The second kappa shape index (κ2) is 5.80. The van der Waals surface area contributed by atoms with Crippen molar-refractivity contribution in [2.24, 2.45) is 5.73 Å². The van der Waals surface area contributed by atoms with Gasteiger partial charge in [-0.3, -0.25) is 14.5 Å². The molecule has 100 valence electrons. The summed E-state index contributed by atoms with van der Waals surface area (Å²) >= 11 is 0. The maximum atomic E-state index is 12.1. The number of amides is 2. The fourth-order valence-electron chi connectivity index (χ4n) is 2.20. The van der Waals surface area contributed by atoms with Crippen molar-refractivity contribution in [2.75, 3.05) is 13.1 Å². The van der Waals surface area contributed by atoms with Crippen LogP contribution in [-0.4, -0.2) is 29.8 Å². The first-order chi connectivity index (χ1) is 9.17. The van der Waals surface area contributed by atoms with Gasteiger partial charge in [0.15, 0.2) is 0 Å². The molecule has 2 amide bonds. The second-order valence-electron chi connectivity index (χ2n) is 4.59. The molecular formula is C15H18N2O2. The van der Waals surface area contributed by atoms with E-state index in [2.05, 4.69) is 6.92 Å². The number of carbonyl (C=O) groups is 2. The average molecular weight is 258 g/mol. The summed E-state index contributed by atoms with van der Waals surface area (Å²) in [6.45, 7) is 2.68. The third-order valence-corrected chi connectivity index (χ3v) is 3.17. The smallest absolute Gasteiger partial charge is 0.261 e. The summed E-state index contributed by atoms with van der Waals surface area (Å²) in [7, 11) is 0. The lowest BCUT2D eigenvalue weighted by Crippen LogP contribution is -2.35. The average Bonchev–Trinajstić information content (AvgIpc) is 2.69. The Bertz CT molecular complexity index is 517. The molecular weight excluding hydrogens is 240 g/mol. The summed E-state index contributed by atoms with van der Waals surface area (Å²) in [4.78, 5) is 25.0. The quantitative estimate of drug-likeness (QED) is 0.811. The largest absolute Gasteiger partial charge is 0.329 e. The fraction of sp³-hybridized carbons (Fsp3) is 0.333. The van der Waals surface area contributed by atoms with Crippen LogP contribution in [0.5, 0.6) is 0 Å². The molecule has 1 heterocycles. The Morgan fingerprint density at radius 1 is 1.16 bits per heavy atom. The number of rotatable bonds is 5. The van der Waals surface area contributed by atoms with Gasteiger partial charge in [0.05, 0.1) is 5.57 Å². The van der Waals surface area contributed by atoms with Crippen molar-refractivity contribution in [1.82, 2.24) is 4.90 Å². The van der Waals surface area contributed by atoms with Gasteiger partial charge in [-0.25, -0.2) is 0 Å². The molecule has 0 spiro atoms. The van der Waals surface area contributed by atoms with Crippen LogP contribution in [0.25, 0.3) is 5.57 Å². The Hall–Kier alpha value is -1.94. The predicted molar refractivity (Wildman–Crippen MR) is 74.2 cm³/mol. The van der Waals surface area contributed by atoms with Gasteiger partial charge in [-0.1, -0.05) is 37.6 Å². The Morgan fingerprint density at radius 3 is 2.42 bits per heavy atom. The van der Waals surface area contributed by atoms with E-state index in [-0.39, 0.29) is 24.9 Å². The molecule has 4 nitrogen and oxygen atoms in total. The summed E-state index contributed by atoms with van der Waals surface area (Å²) in [5, 5.41) is 0. The van der Waals surface area contributed by atoms with E-state index in [1.54, 1.807) is 0 Å². The van der Waals surface area contributed by atoms with Crippen molar-refractivity contribution >= 4 is 17.4 Å². The molecule has 0 aromatic heterocycles. The SMILES string of the molecule is CCCc1ccc(C2=CC(=O)N(CCN)C2=O)cc1. The highest BCUT2D eigenvalue weighted by Crippen LogP contribution is 2.23. The predicted octanol–water partition coefficient (Wildman–Crippen LogP) is 1.35. The van der Waals surface area contributed by atoms with Gasteiger partial charge < -0.3 is 5.73 Å². The number of benzene rings is 1. The summed E-state index contributed by atoms with van der Waals surface area (Å²) in [6, 6.07) is 7.80. The van der Waals surface area contributed by atoms with E-state index in [9.17, 15) is 9.59 Å². The molecule has 1 aliphatic heterocycles. The molecule has 0 saturated carbocycles. The van der Waals surface area contributed by atoms with Gasteiger partial charge in [0.1, 0.15) is 0 Å². The molecule has 1 aliphatic rings. The molecule has 0 atom stereocenters. The minimum Gasteiger partial charge on any atom is -0.329 e. The molecule has 0 aliphatic carbocycles. The Balaban J connectivity index is 2.20. The summed E-state index contributed by atoms with van der Waals surface area (Å²) < 4.78 is 0. The van der Waals surface area contributed by atoms with Gasteiger partial charge in [0, 0.05) is 19.2 Å². The van der Waals surface area contributed by atoms with E-state index in [1.807, 2.05) is 24.3 Å². The Morgan fingerprint density at radius 2 is 1.84 bits per heavy atom. The van der Waals surface area contributed by atoms with Crippen LogP contribution in [0.15, 0.2) is 30.3 Å². The molecule has 4 heteroatoms. The van der Waals surface area contributed by atoms with Crippen LogP contribution in [0, 0.1) is 0 Å². The summed E-state index contributed by atoms with van der Waals surface area (Å²) in [5.74, 6) is -0.526. The zero-order chi connectivity index (χ0) is 13.8. The van der Waals surface area contributed by atoms with Crippen molar-refractivity contribution in [2.45, 2.75) is 19.8 Å². The lowest BCUT2D eigenvalue weighted by Gasteiger charge is -2.13. The number of imide groups is 1. The topological polar surface area (TPSA) is 63.4 Å². The number of nitrogens with zero attached hydrogens (tertiary/aromatic N) is 1. The lowest BCUT2D eigenvalue weighted by molar-refractivity contribution is -0.136. The van der Waals surface area contributed by atoms with Crippen LogP contribution in [0.1, 0.15) is 24.5 Å². The normalized spacial score (nSPS) is 15.1. The third-order valence-electron chi connectivity index (χ3n) is 3.17. The fourth-order valence-corrected chi connectivity index (χ4v) is 2.20. The summed E-state index contributed by atoms with van der Waals surface area (Å²) in [6.07, 6.45) is 3.50. The van der Waals surface area contributed by atoms with Crippen LogP contribution < -0.4 is 5.73 Å². The van der Waals surface area contributed by atoms with Crippen molar-refractivity contribution in [3.05, 3.63) is 41.5 Å². The van der Waals surface area contributed by atoms with Gasteiger partial charge in [0.25, 0.3) is 11.8 Å². The van der Waals surface area contributed by atoms with Crippen molar-refractivity contribution in [3.63, 3.8) is 0 Å². The number of carbonyl (C=O) groups excluding carboxylic acids is 2. The third kappa shape index (κ3) is 2.74. The van der Waals surface area contributed by atoms with Crippen LogP contribution in [-0.2, 0) is 16.0 Å². The highest BCUT2D eigenvalue weighted by Gasteiger charge is 2.30. The van der Waals surface area contributed by atoms with E-state index >= 15 is 0 Å². The van der Waals surface area contributed by atoms with Gasteiger partial charge in [0.2, 0.25) is 0 Å². The first-order valence-corrected chi connectivity index (χ1v) is 6.54. The monoisotopic (exact) mass is 258 g/mol. The van der Waals surface area contributed by atoms with Crippen LogP contribution in [0.4, 0.5) is 0 Å². The van der Waals surface area contributed by atoms with Gasteiger partial charge in [-0.2, -0.15) is 0 Å². The molecule has 0 bridgehead atoms. The highest BCUT2D eigenvalue weighted by atomic mass is 16.2. The van der Waals surface area contributed by atoms with E-state index < -0.39 is 0 Å². The van der Waals surface area contributed by atoms with E-state index in [1.165, 1.54) is 16.5 Å². The second-order valence-corrected chi connectivity index (χ2v) is 4.59. The molecule has 2 rings (SSSR count). The summed E-state index contributed by atoms with van der Waals surface area (Å²) in [5.41, 5.74) is 7.89. The molecule has 0 saturated heterocycles. The maximum absolute atomic E-state index is 12.1. The molecule has 1 aromatic rings. The van der Waals surface area contributed by atoms with Gasteiger partial charge >= 0.3 is 0 Å². The standard InChI is InChI=1S/C15H18N2O2/c1-2-3-11-4-6-12(7-5-11)13-10-14(18)17(9-8-16)15(13)19/h4-7,10H,2-3,8-9,16H2,1H3. The Kier molecular flexibility index (Phi) is 4.12. The first kappa shape index (κ1) is 13.5. The number of nitrogens with two attached hydrogens (primary N) is 1. The lowest BCUT2D eigenvalue weighted by atomic mass is 10.0. The van der Waals surface area contributed by atoms with Crippen LogP contribution in [0.3, 0.4) is 0 Å².